The summed E-state index contributed by atoms with van der Waals surface area (Å²) in [6.07, 6.45) is -0.438. The SMILES string of the molecule is CC[C@@]1(O)C(=O)OCc2c1cc1n(c2=O)Cc2c-1nc1cc(F)c(C)c3c1c2[C@@H](NC(=O)OCc1ccc(NC(=O)C(CCCNC(N)=O)NC(=O)[C@@H](NC(=O)[C@H](CCNC(=O)CCOCCOCCOCCOCCOCCOCCOCCOCCOCCOC)NC(=O)CN2C(=O)CC(C)C2=O)C(C)C)cc1)CC3. The summed E-state index contributed by atoms with van der Waals surface area (Å²) >= 11 is 0. The van der Waals surface area contributed by atoms with Crippen molar-refractivity contribution in [3.05, 3.63) is 91.5 Å². The Balaban J connectivity index is 0.769. The molecule has 8 rings (SSSR count). The average molecular weight is 1580 g/mol. The van der Waals surface area contributed by atoms with Gasteiger partial charge in [-0.15, -0.1) is 0 Å². The number of fused-ring (bicyclic) bond motifs is 5. The van der Waals surface area contributed by atoms with Crippen LogP contribution in [0.15, 0.2) is 41.2 Å². The molecule has 1 saturated heterocycles. The molecule has 2 aromatic heterocycles. The molecular formula is C76H106FN11O24. The number of benzene rings is 2. The fourth-order valence-corrected chi connectivity index (χ4v) is 13.1. The topological polar surface area (TPSA) is 450 Å². The lowest BCUT2D eigenvalue weighted by molar-refractivity contribution is -0.172. The van der Waals surface area contributed by atoms with Crippen molar-refractivity contribution in [2.45, 2.75) is 136 Å². The summed E-state index contributed by atoms with van der Waals surface area (Å²) in [5, 5.41) is 30.9. The number of hydrogen-bond acceptors (Lipinski definition) is 25. The van der Waals surface area contributed by atoms with Gasteiger partial charge in [-0.1, -0.05) is 39.8 Å². The number of rotatable bonds is 51. The first-order valence-electron chi connectivity index (χ1n) is 37.8. The van der Waals surface area contributed by atoms with Crippen molar-refractivity contribution < 1.29 is 114 Å². The summed E-state index contributed by atoms with van der Waals surface area (Å²) in [5.74, 6) is -7.46. The number of pyridine rings is 2. The fourth-order valence-electron chi connectivity index (χ4n) is 13.1. The van der Waals surface area contributed by atoms with E-state index in [1.807, 2.05) is 0 Å². The van der Waals surface area contributed by atoms with E-state index in [1.165, 1.54) is 22.8 Å². The molecule has 3 aliphatic heterocycles. The molecule has 0 saturated carbocycles. The molecule has 0 bridgehead atoms. The molecule has 10 N–H and O–H groups in total. The molecule has 2 unspecified atom stereocenters. The summed E-state index contributed by atoms with van der Waals surface area (Å²) in [6, 6.07) is 3.58. The van der Waals surface area contributed by atoms with Crippen LogP contribution < -0.4 is 48.5 Å². The Morgan fingerprint density at radius 2 is 1.29 bits per heavy atom. The van der Waals surface area contributed by atoms with Crippen LogP contribution in [0.25, 0.3) is 22.3 Å². The summed E-state index contributed by atoms with van der Waals surface area (Å²) in [7, 11) is 1.62. The molecule has 0 spiro atoms. The number of aliphatic hydroxyl groups is 1. The number of amides is 10. The number of nitrogens with zero attached hydrogens (tertiary/aromatic N) is 3. The molecular weight excluding hydrogens is 1470 g/mol. The van der Waals surface area contributed by atoms with Crippen molar-refractivity contribution in [3.63, 3.8) is 0 Å². The third kappa shape index (κ3) is 25.4. The molecule has 0 radical (unpaired) electrons. The molecule has 112 heavy (non-hydrogen) atoms. The number of nitrogens with one attached hydrogen (secondary N) is 7. The number of anilines is 1. The molecule has 10 amide bonds. The van der Waals surface area contributed by atoms with Gasteiger partial charge in [0.2, 0.25) is 41.4 Å². The Kier molecular flexibility index (Phi) is 35.4. The van der Waals surface area contributed by atoms with E-state index in [9.17, 15) is 57.8 Å². The first-order chi connectivity index (χ1) is 53.9. The minimum atomic E-state index is -2.08. The predicted octanol–water partition coefficient (Wildman–Crippen LogP) is 2.03. The van der Waals surface area contributed by atoms with Crippen LogP contribution in [0.2, 0.25) is 0 Å². The molecule has 4 aromatic rings. The lowest BCUT2D eigenvalue weighted by Crippen LogP contribution is -2.58. The van der Waals surface area contributed by atoms with Gasteiger partial charge in [-0.2, -0.15) is 0 Å². The number of cyclic esters (lactones) is 1. The van der Waals surface area contributed by atoms with Crippen LogP contribution in [-0.4, -0.2) is 249 Å². The zero-order chi connectivity index (χ0) is 80.7. The highest BCUT2D eigenvalue weighted by molar-refractivity contribution is 6.06. The fraction of sp³-hybridized carbons (Fsp3) is 0.605. The van der Waals surface area contributed by atoms with Crippen LogP contribution in [-0.2, 0) is 127 Å². The molecule has 36 heteroatoms. The van der Waals surface area contributed by atoms with Gasteiger partial charge in [0.15, 0.2) is 5.60 Å². The summed E-state index contributed by atoms with van der Waals surface area (Å²) in [6.45, 7) is 14.1. The van der Waals surface area contributed by atoms with Gasteiger partial charge in [0.05, 0.1) is 161 Å². The van der Waals surface area contributed by atoms with E-state index >= 15 is 4.39 Å². The van der Waals surface area contributed by atoms with E-state index in [1.54, 1.807) is 59.9 Å². The number of alkyl carbamates (subject to hydrolysis) is 1. The van der Waals surface area contributed by atoms with Gasteiger partial charge < -0.3 is 109 Å². The van der Waals surface area contributed by atoms with Crippen molar-refractivity contribution >= 4 is 76.0 Å². The van der Waals surface area contributed by atoms with Crippen molar-refractivity contribution in [3.8, 4) is 11.4 Å². The molecule has 616 valence electrons. The Morgan fingerprint density at radius 3 is 1.84 bits per heavy atom. The minimum absolute atomic E-state index is 0.0254. The van der Waals surface area contributed by atoms with Crippen LogP contribution in [0, 0.1) is 24.6 Å². The van der Waals surface area contributed by atoms with Gasteiger partial charge in [0.25, 0.3) is 5.56 Å². The number of carbonyl (C=O) groups excluding carboxylic acids is 10. The number of imide groups is 1. The van der Waals surface area contributed by atoms with Gasteiger partial charge in [-0.05, 0) is 91.8 Å². The number of primary amides is 1. The number of urea groups is 1. The lowest BCUT2D eigenvalue weighted by atomic mass is 9.81. The maximum atomic E-state index is 15.6. The number of aromatic nitrogens is 2. The Bertz CT molecular complexity index is 3960. The highest BCUT2D eigenvalue weighted by Crippen LogP contribution is 2.46. The third-order valence-corrected chi connectivity index (χ3v) is 19.2. The first-order valence-corrected chi connectivity index (χ1v) is 37.8. The second-order valence-electron chi connectivity index (χ2n) is 27.5. The zero-order valence-electron chi connectivity index (χ0n) is 64.4. The van der Waals surface area contributed by atoms with E-state index in [-0.39, 0.29) is 108 Å². The molecule has 35 nitrogen and oxygen atoms in total. The Hall–Kier alpha value is -9.21. The normalized spacial score (nSPS) is 16.9. The first kappa shape index (κ1) is 88.4. The number of halogens is 1. The molecule has 1 fully saturated rings. The molecule has 6 atom stereocenters. The standard InChI is InChI=1S/C76H106FN11O24/c1-7-76(100)54-40-60-67-52(42-87(60)72(96)53(54)45-111-73(76)97)65-56(15-14-51-48(5)55(77)41-59(83-67)64(51)65)85-75(99)112-44-49-10-12-50(13-11-49)81-68(92)57(9-8-18-80-74(78)98)84-70(94)66(46(2)3)86-69(93)58(82-62(90)43-88-63(91)39-47(4)71(88)95)16-19-79-61(89)17-20-102-23-24-104-27-28-106-31-32-108-35-36-110-38-37-109-34-33-107-30-29-105-26-25-103-22-21-101-6/h10-13,40-41,46-47,56-58,66,100H,7-9,14-39,42-45H2,1-6H3,(H,79,89)(H,81,92)(H,82,90)(H,84,94)(H,85,99)(H,86,93)(H3,78,80,98)/t47?,56-,57?,58-,66-,76-/m0/s1. The van der Waals surface area contributed by atoms with Crippen LogP contribution >= 0.6 is 0 Å². The highest BCUT2D eigenvalue weighted by atomic mass is 19.1. The predicted molar refractivity (Wildman–Crippen MR) is 398 cm³/mol. The van der Waals surface area contributed by atoms with E-state index in [4.69, 9.17) is 67.6 Å². The number of methoxy groups -OCH3 is 1. The highest BCUT2D eigenvalue weighted by Gasteiger charge is 2.46. The number of likely N-dealkylation sites (tertiary alicyclic amines) is 1. The van der Waals surface area contributed by atoms with Crippen molar-refractivity contribution in [2.24, 2.45) is 17.6 Å². The number of aryl methyl sites for hydroxylation is 1. The number of nitrogens with two attached hydrogens (primary N) is 1. The van der Waals surface area contributed by atoms with Crippen LogP contribution in [0.3, 0.4) is 0 Å². The van der Waals surface area contributed by atoms with E-state index < -0.39 is 119 Å². The largest absolute Gasteiger partial charge is 0.458 e. The summed E-state index contributed by atoms with van der Waals surface area (Å²) < 4.78 is 82.3. The molecule has 2 aromatic carbocycles. The molecule has 1 aliphatic carbocycles. The number of esters is 1. The molecule has 4 aliphatic rings. The Labute approximate surface area is 647 Å². The van der Waals surface area contributed by atoms with E-state index in [0.29, 0.717) is 169 Å². The minimum Gasteiger partial charge on any atom is -0.458 e. The maximum Gasteiger partial charge on any atom is 0.407 e. The van der Waals surface area contributed by atoms with E-state index in [2.05, 4.69) is 37.2 Å². The molecule has 5 heterocycles. The zero-order valence-corrected chi connectivity index (χ0v) is 64.4. The van der Waals surface area contributed by atoms with Crippen LogP contribution in [0.4, 0.5) is 19.7 Å². The third-order valence-electron chi connectivity index (χ3n) is 19.2. The van der Waals surface area contributed by atoms with Crippen molar-refractivity contribution in [1.29, 1.82) is 0 Å². The smallest absolute Gasteiger partial charge is 0.407 e. The van der Waals surface area contributed by atoms with Gasteiger partial charge in [0.1, 0.15) is 43.7 Å². The summed E-state index contributed by atoms with van der Waals surface area (Å²) in [4.78, 5) is 153. The maximum absolute atomic E-state index is 15.6. The second-order valence-corrected chi connectivity index (χ2v) is 27.5. The summed E-state index contributed by atoms with van der Waals surface area (Å²) in [5.41, 5.74) is 7.03. The Morgan fingerprint density at radius 1 is 0.705 bits per heavy atom. The lowest BCUT2D eigenvalue weighted by Gasteiger charge is -2.31. The van der Waals surface area contributed by atoms with E-state index in [0.717, 1.165) is 4.90 Å². The average Bonchev–Trinajstić information content (AvgIpc) is 1.50. The number of hydrogen-bond donors (Lipinski definition) is 9. The quantitative estimate of drug-likeness (QED) is 0.0153. The van der Waals surface area contributed by atoms with Crippen molar-refractivity contribution in [2.75, 3.05) is 158 Å². The number of ether oxygens (including phenoxy) is 12. The van der Waals surface area contributed by atoms with Crippen LogP contribution in [0.1, 0.15) is 118 Å². The van der Waals surface area contributed by atoms with Gasteiger partial charge in [0, 0.05) is 67.2 Å². The van der Waals surface area contributed by atoms with Gasteiger partial charge >= 0.3 is 18.1 Å². The van der Waals surface area contributed by atoms with Gasteiger partial charge in [-0.3, -0.25) is 43.3 Å². The van der Waals surface area contributed by atoms with Gasteiger partial charge in [-0.25, -0.2) is 23.8 Å². The number of carbonyl (C=O) groups is 10. The monoisotopic (exact) mass is 1580 g/mol. The van der Waals surface area contributed by atoms with Crippen LogP contribution in [0.5, 0.6) is 0 Å². The second kappa shape index (κ2) is 44.9. The van der Waals surface area contributed by atoms with Crippen molar-refractivity contribution in [1.82, 2.24) is 46.4 Å².